The van der Waals surface area contributed by atoms with Crippen molar-refractivity contribution >= 4 is 54.1 Å². The van der Waals surface area contributed by atoms with E-state index in [9.17, 15) is 0 Å². The van der Waals surface area contributed by atoms with Gasteiger partial charge in [-0.05, 0) is 84.9 Å². The van der Waals surface area contributed by atoms with Gasteiger partial charge >= 0.3 is 0 Å². The van der Waals surface area contributed by atoms with Crippen molar-refractivity contribution in [2.75, 3.05) is 0 Å². The fourth-order valence-corrected chi connectivity index (χ4v) is 5.98. The van der Waals surface area contributed by atoms with E-state index >= 15 is 0 Å². The molecule has 0 bridgehead atoms. The maximum atomic E-state index is 4.72. The molecule has 38 heavy (non-hydrogen) atoms. The van der Waals surface area contributed by atoms with Gasteiger partial charge in [-0.15, -0.1) is 0 Å². The van der Waals surface area contributed by atoms with Crippen molar-refractivity contribution in [3.8, 4) is 22.3 Å². The van der Waals surface area contributed by atoms with E-state index in [2.05, 4.69) is 114 Å². The zero-order chi connectivity index (χ0) is 25.1. The van der Waals surface area contributed by atoms with Crippen molar-refractivity contribution in [1.29, 1.82) is 0 Å². The van der Waals surface area contributed by atoms with Crippen LogP contribution in [-0.4, -0.2) is 9.97 Å². The maximum Gasteiger partial charge on any atom is 0.0970 e. The quantitative estimate of drug-likeness (QED) is 0.229. The average Bonchev–Trinajstić information content (AvgIpc) is 3.00. The summed E-state index contributed by atoms with van der Waals surface area (Å²) in [5, 5.41) is 9.90. The Bertz CT molecular complexity index is 2180. The van der Waals surface area contributed by atoms with Crippen molar-refractivity contribution in [3.05, 3.63) is 134 Å². The van der Waals surface area contributed by atoms with E-state index in [-0.39, 0.29) is 0 Å². The molecule has 6 aromatic carbocycles. The molecule has 0 aliphatic carbocycles. The van der Waals surface area contributed by atoms with Gasteiger partial charge in [-0.3, -0.25) is 9.97 Å². The van der Waals surface area contributed by atoms with Gasteiger partial charge in [0.2, 0.25) is 0 Å². The first-order valence-corrected chi connectivity index (χ1v) is 12.9. The second-order valence-electron chi connectivity index (χ2n) is 9.83. The van der Waals surface area contributed by atoms with E-state index in [1.54, 1.807) is 0 Å². The molecule has 0 atom stereocenters. The van der Waals surface area contributed by atoms with Gasteiger partial charge in [0, 0.05) is 23.2 Å². The minimum atomic E-state index is 0.939. The molecule has 8 rings (SSSR count). The van der Waals surface area contributed by atoms with Crippen LogP contribution in [0.5, 0.6) is 0 Å². The van der Waals surface area contributed by atoms with Crippen LogP contribution in [0.3, 0.4) is 0 Å². The lowest BCUT2D eigenvalue weighted by molar-refractivity contribution is 1.37. The fourth-order valence-electron chi connectivity index (χ4n) is 5.98. The van der Waals surface area contributed by atoms with E-state index in [0.29, 0.717) is 0 Å². The predicted molar refractivity (Wildman–Crippen MR) is 160 cm³/mol. The third-order valence-corrected chi connectivity index (χ3v) is 7.69. The third kappa shape index (κ3) is 3.14. The molecule has 0 radical (unpaired) electrons. The van der Waals surface area contributed by atoms with Crippen molar-refractivity contribution in [2.24, 2.45) is 0 Å². The SMILES string of the molecule is c1cc(-c2cc3cccnc3c3ncccc23)cc(-c2cc3ccccc3c3c2ccc2ccccc23)c1. The van der Waals surface area contributed by atoms with Gasteiger partial charge in [0.25, 0.3) is 0 Å². The molecule has 0 saturated carbocycles. The van der Waals surface area contributed by atoms with Crippen LogP contribution in [0.25, 0.3) is 76.4 Å². The van der Waals surface area contributed by atoms with Crippen molar-refractivity contribution < 1.29 is 0 Å². The van der Waals surface area contributed by atoms with Gasteiger partial charge in [-0.2, -0.15) is 0 Å². The lowest BCUT2D eigenvalue weighted by Crippen LogP contribution is -1.90. The highest BCUT2D eigenvalue weighted by Crippen LogP contribution is 2.40. The average molecular weight is 483 g/mol. The predicted octanol–water partition coefficient (Wildman–Crippen LogP) is 9.58. The topological polar surface area (TPSA) is 25.8 Å². The minimum Gasteiger partial charge on any atom is -0.254 e. The van der Waals surface area contributed by atoms with Crippen LogP contribution in [-0.2, 0) is 0 Å². The van der Waals surface area contributed by atoms with Gasteiger partial charge in [0.15, 0.2) is 0 Å². The summed E-state index contributed by atoms with van der Waals surface area (Å²) in [4.78, 5) is 9.35. The molecule has 0 fully saturated rings. The minimum absolute atomic E-state index is 0.939. The summed E-state index contributed by atoms with van der Waals surface area (Å²) in [6, 6.07) is 43.7. The van der Waals surface area contributed by atoms with Crippen molar-refractivity contribution in [1.82, 2.24) is 9.97 Å². The Hall–Kier alpha value is -5.08. The number of rotatable bonds is 2. The molecule has 176 valence electrons. The molecule has 2 heteroatoms. The Labute approximate surface area is 219 Å². The summed E-state index contributed by atoms with van der Waals surface area (Å²) < 4.78 is 0. The van der Waals surface area contributed by atoms with Crippen molar-refractivity contribution in [2.45, 2.75) is 0 Å². The monoisotopic (exact) mass is 482 g/mol. The molecule has 0 spiro atoms. The lowest BCUT2D eigenvalue weighted by Gasteiger charge is -2.15. The number of hydrogen-bond acceptors (Lipinski definition) is 2. The van der Waals surface area contributed by atoms with Crippen LogP contribution in [0.15, 0.2) is 134 Å². The van der Waals surface area contributed by atoms with E-state index in [1.807, 2.05) is 24.5 Å². The van der Waals surface area contributed by atoms with E-state index < -0.39 is 0 Å². The Kier molecular flexibility index (Phi) is 4.55. The number of pyridine rings is 2. The molecule has 0 unspecified atom stereocenters. The molecular formula is C36H22N2. The van der Waals surface area contributed by atoms with Crippen LogP contribution in [0.2, 0.25) is 0 Å². The first-order valence-electron chi connectivity index (χ1n) is 12.9. The first-order chi connectivity index (χ1) is 18.8. The Morgan fingerprint density at radius 1 is 0.368 bits per heavy atom. The van der Waals surface area contributed by atoms with Gasteiger partial charge in [0.05, 0.1) is 11.0 Å². The zero-order valence-corrected chi connectivity index (χ0v) is 20.6. The molecular weight excluding hydrogens is 460 g/mol. The van der Waals surface area contributed by atoms with E-state index in [4.69, 9.17) is 4.98 Å². The molecule has 0 aliphatic heterocycles. The van der Waals surface area contributed by atoms with Crippen LogP contribution in [0.4, 0.5) is 0 Å². The zero-order valence-electron chi connectivity index (χ0n) is 20.6. The number of benzene rings is 6. The third-order valence-electron chi connectivity index (χ3n) is 7.69. The second-order valence-corrected chi connectivity index (χ2v) is 9.83. The molecule has 0 amide bonds. The highest BCUT2D eigenvalue weighted by atomic mass is 14.7. The lowest BCUT2D eigenvalue weighted by atomic mass is 9.89. The smallest absolute Gasteiger partial charge is 0.0970 e. The Morgan fingerprint density at radius 2 is 0.974 bits per heavy atom. The fraction of sp³-hybridized carbons (Fsp3) is 0. The normalized spacial score (nSPS) is 11.7. The largest absolute Gasteiger partial charge is 0.254 e. The number of aromatic nitrogens is 2. The maximum absolute atomic E-state index is 4.72. The summed E-state index contributed by atoms with van der Waals surface area (Å²) in [6.07, 6.45) is 3.69. The molecule has 0 aliphatic rings. The van der Waals surface area contributed by atoms with E-state index in [1.165, 1.54) is 54.6 Å². The summed E-state index contributed by atoms with van der Waals surface area (Å²) in [6.45, 7) is 0. The summed E-state index contributed by atoms with van der Waals surface area (Å²) in [7, 11) is 0. The molecule has 8 aromatic rings. The van der Waals surface area contributed by atoms with Crippen LogP contribution >= 0.6 is 0 Å². The standard InChI is InChI=1S/C36H22N2/c1-3-13-28-23(8-1)16-17-30-32(21-26-9-2-4-14-29(26)34(28)30)24-10-5-11-25(20-24)33-22-27-12-6-18-37-35(27)36-31(33)15-7-19-38-36/h1-22H. The van der Waals surface area contributed by atoms with Gasteiger partial charge < -0.3 is 0 Å². The van der Waals surface area contributed by atoms with Gasteiger partial charge in [-0.25, -0.2) is 0 Å². The Balaban J connectivity index is 1.43. The number of nitrogens with zero attached hydrogens (tertiary/aromatic N) is 2. The number of fused-ring (bicyclic) bond motifs is 8. The molecule has 2 heterocycles. The molecule has 0 N–H and O–H groups in total. The Morgan fingerprint density at radius 3 is 1.82 bits per heavy atom. The highest BCUT2D eigenvalue weighted by molar-refractivity contribution is 6.24. The molecule has 2 nitrogen and oxygen atoms in total. The van der Waals surface area contributed by atoms with E-state index in [0.717, 1.165) is 21.8 Å². The highest BCUT2D eigenvalue weighted by Gasteiger charge is 2.14. The summed E-state index contributed by atoms with van der Waals surface area (Å²) in [5.74, 6) is 0. The van der Waals surface area contributed by atoms with Crippen LogP contribution in [0, 0.1) is 0 Å². The summed E-state index contributed by atoms with van der Waals surface area (Å²) >= 11 is 0. The van der Waals surface area contributed by atoms with Gasteiger partial charge in [-0.1, -0.05) is 91.0 Å². The molecule has 2 aromatic heterocycles. The number of hydrogen-bond donors (Lipinski definition) is 0. The van der Waals surface area contributed by atoms with Gasteiger partial charge in [0.1, 0.15) is 0 Å². The van der Waals surface area contributed by atoms with Crippen molar-refractivity contribution in [3.63, 3.8) is 0 Å². The van der Waals surface area contributed by atoms with Crippen LogP contribution < -0.4 is 0 Å². The second kappa shape index (κ2) is 8.22. The summed E-state index contributed by atoms with van der Waals surface area (Å²) in [5.41, 5.74) is 6.68. The molecule has 0 saturated heterocycles. The first kappa shape index (κ1) is 21.0. The van der Waals surface area contributed by atoms with Crippen LogP contribution in [0.1, 0.15) is 0 Å².